The van der Waals surface area contributed by atoms with E-state index in [0.29, 0.717) is 31.8 Å². The molecule has 1 atom stereocenters. The second-order valence-electron chi connectivity index (χ2n) is 5.35. The maximum Gasteiger partial charge on any atom is 0.191 e. The maximum absolute atomic E-state index is 6.02. The van der Waals surface area contributed by atoms with Gasteiger partial charge in [0.25, 0.3) is 0 Å². The van der Waals surface area contributed by atoms with Crippen LogP contribution in [0, 0.1) is 0 Å². The van der Waals surface area contributed by atoms with E-state index in [-0.39, 0.29) is 0 Å². The molecule has 2 rings (SSSR count). The van der Waals surface area contributed by atoms with Crippen molar-refractivity contribution < 1.29 is 9.47 Å². The molecule has 0 bridgehead atoms. The highest BCUT2D eigenvalue weighted by Gasteiger charge is 2.15. The third kappa shape index (κ3) is 5.37. The molecule has 0 radical (unpaired) electrons. The normalized spacial score (nSPS) is 25.6. The summed E-state index contributed by atoms with van der Waals surface area (Å²) in [6.07, 6.45) is 7.67. The van der Waals surface area contributed by atoms with Crippen LogP contribution in [0.25, 0.3) is 0 Å². The third-order valence-electron chi connectivity index (χ3n) is 3.77. The van der Waals surface area contributed by atoms with Gasteiger partial charge < -0.3 is 20.1 Å². The number of nitrogens with zero attached hydrogens (tertiary/aromatic N) is 2. The highest BCUT2D eigenvalue weighted by atomic mass is 16.5. The van der Waals surface area contributed by atoms with Gasteiger partial charge in [-0.1, -0.05) is 12.8 Å². The summed E-state index contributed by atoms with van der Waals surface area (Å²) in [6.45, 7) is 4.95. The van der Waals surface area contributed by atoms with Crippen LogP contribution in [0.2, 0.25) is 0 Å². The number of hydrogen-bond acceptors (Lipinski definition) is 3. The Morgan fingerprint density at radius 2 is 2.00 bits per heavy atom. The second-order valence-corrected chi connectivity index (χ2v) is 5.35. The number of nitrogens with two attached hydrogens (primary N) is 1. The van der Waals surface area contributed by atoms with Crippen LogP contribution in [0.5, 0.6) is 0 Å². The summed E-state index contributed by atoms with van der Waals surface area (Å²) in [5.41, 5.74) is 6.02. The summed E-state index contributed by atoms with van der Waals surface area (Å²) in [6, 6.07) is 0. The molecular weight excluding hydrogens is 242 g/mol. The van der Waals surface area contributed by atoms with Gasteiger partial charge in [-0.15, -0.1) is 0 Å². The lowest BCUT2D eigenvalue weighted by atomic mass is 10.2. The molecule has 2 heterocycles. The summed E-state index contributed by atoms with van der Waals surface area (Å²) in [5.74, 6) is 0.683. The van der Waals surface area contributed by atoms with Crippen LogP contribution < -0.4 is 5.73 Å². The van der Waals surface area contributed by atoms with Gasteiger partial charge in [-0.2, -0.15) is 0 Å². The number of likely N-dealkylation sites (tertiary alicyclic amines) is 1. The fourth-order valence-electron chi connectivity index (χ4n) is 2.62. The Hall–Kier alpha value is -0.810. The van der Waals surface area contributed by atoms with E-state index in [2.05, 4.69) is 9.89 Å². The topological polar surface area (TPSA) is 60.1 Å². The van der Waals surface area contributed by atoms with Crippen LogP contribution >= 0.6 is 0 Å². The smallest absolute Gasteiger partial charge is 0.191 e. The fourth-order valence-corrected chi connectivity index (χ4v) is 2.62. The van der Waals surface area contributed by atoms with Crippen molar-refractivity contribution in [3.8, 4) is 0 Å². The second kappa shape index (κ2) is 8.38. The van der Waals surface area contributed by atoms with E-state index < -0.39 is 0 Å². The average Bonchev–Trinajstić information content (AvgIpc) is 2.78. The molecule has 0 aromatic heterocycles. The lowest BCUT2D eigenvalue weighted by molar-refractivity contribution is 0.0199. The predicted molar refractivity (Wildman–Crippen MR) is 76.3 cm³/mol. The first-order valence-electron chi connectivity index (χ1n) is 7.60. The highest BCUT2D eigenvalue weighted by Crippen LogP contribution is 2.12. The molecule has 0 spiro atoms. The molecule has 0 amide bonds. The summed E-state index contributed by atoms with van der Waals surface area (Å²) in [4.78, 5) is 6.61. The molecule has 0 aromatic rings. The van der Waals surface area contributed by atoms with Crippen molar-refractivity contribution in [2.75, 3.05) is 39.5 Å². The summed E-state index contributed by atoms with van der Waals surface area (Å²) < 4.78 is 11.1. The number of aliphatic imine (C=N–C) groups is 1. The van der Waals surface area contributed by atoms with E-state index in [1.165, 1.54) is 25.7 Å². The summed E-state index contributed by atoms with van der Waals surface area (Å²) in [7, 11) is 0. The Morgan fingerprint density at radius 3 is 2.68 bits per heavy atom. The van der Waals surface area contributed by atoms with Gasteiger partial charge in [0, 0.05) is 19.7 Å². The SMILES string of the molecule is NC(=NCCOC[C@H]1CCCO1)N1CCCCCC1. The first kappa shape index (κ1) is 14.6. The first-order valence-corrected chi connectivity index (χ1v) is 7.60. The molecular formula is C14H27N3O2. The highest BCUT2D eigenvalue weighted by molar-refractivity contribution is 5.78. The lowest BCUT2D eigenvalue weighted by Gasteiger charge is -2.21. The number of rotatable bonds is 5. The van der Waals surface area contributed by atoms with E-state index in [1.54, 1.807) is 0 Å². The van der Waals surface area contributed by atoms with E-state index in [9.17, 15) is 0 Å². The van der Waals surface area contributed by atoms with Gasteiger partial charge in [0.1, 0.15) is 0 Å². The van der Waals surface area contributed by atoms with Crippen LogP contribution in [0.4, 0.5) is 0 Å². The first-order chi connectivity index (χ1) is 9.36. The summed E-state index contributed by atoms with van der Waals surface area (Å²) in [5, 5.41) is 0. The van der Waals surface area contributed by atoms with Crippen LogP contribution in [-0.4, -0.2) is 56.4 Å². The van der Waals surface area contributed by atoms with Crippen LogP contribution in [0.3, 0.4) is 0 Å². The quantitative estimate of drug-likeness (QED) is 0.465. The third-order valence-corrected chi connectivity index (χ3v) is 3.77. The molecule has 2 aliphatic rings. The summed E-state index contributed by atoms with van der Waals surface area (Å²) >= 11 is 0. The number of ether oxygens (including phenoxy) is 2. The molecule has 110 valence electrons. The van der Waals surface area contributed by atoms with Crippen molar-refractivity contribution in [2.24, 2.45) is 10.7 Å². The monoisotopic (exact) mass is 269 g/mol. The molecule has 2 fully saturated rings. The van der Waals surface area contributed by atoms with Crippen molar-refractivity contribution in [3.63, 3.8) is 0 Å². The maximum atomic E-state index is 6.02. The molecule has 0 saturated carbocycles. The fraction of sp³-hybridized carbons (Fsp3) is 0.929. The van der Waals surface area contributed by atoms with Gasteiger partial charge in [-0.25, -0.2) is 0 Å². The molecule has 0 unspecified atom stereocenters. The zero-order valence-corrected chi connectivity index (χ0v) is 11.9. The van der Waals surface area contributed by atoms with Gasteiger partial charge >= 0.3 is 0 Å². The van der Waals surface area contributed by atoms with Crippen molar-refractivity contribution in [2.45, 2.75) is 44.6 Å². The Morgan fingerprint density at radius 1 is 1.21 bits per heavy atom. The van der Waals surface area contributed by atoms with Crippen LogP contribution in [-0.2, 0) is 9.47 Å². The van der Waals surface area contributed by atoms with Gasteiger partial charge in [0.05, 0.1) is 25.9 Å². The van der Waals surface area contributed by atoms with Crippen molar-refractivity contribution >= 4 is 5.96 Å². The van der Waals surface area contributed by atoms with Crippen LogP contribution in [0.1, 0.15) is 38.5 Å². The Balaban J connectivity index is 1.58. The lowest BCUT2D eigenvalue weighted by Crippen LogP contribution is -2.38. The minimum Gasteiger partial charge on any atom is -0.377 e. The number of guanidine groups is 1. The Bertz CT molecular complexity index is 270. The van der Waals surface area contributed by atoms with Gasteiger partial charge in [0.2, 0.25) is 0 Å². The van der Waals surface area contributed by atoms with E-state index in [1.807, 2.05) is 0 Å². The molecule has 0 aliphatic carbocycles. The molecule has 5 nitrogen and oxygen atoms in total. The molecule has 5 heteroatoms. The average molecular weight is 269 g/mol. The number of hydrogen-bond donors (Lipinski definition) is 1. The Labute approximate surface area is 116 Å². The predicted octanol–water partition coefficient (Wildman–Crippen LogP) is 1.37. The van der Waals surface area contributed by atoms with Gasteiger partial charge in [0.15, 0.2) is 5.96 Å². The molecule has 2 N–H and O–H groups in total. The largest absolute Gasteiger partial charge is 0.377 e. The van der Waals surface area contributed by atoms with Crippen molar-refractivity contribution in [1.82, 2.24) is 4.90 Å². The minimum absolute atomic E-state index is 0.298. The molecule has 2 aliphatic heterocycles. The molecule has 19 heavy (non-hydrogen) atoms. The van der Waals surface area contributed by atoms with E-state index in [4.69, 9.17) is 15.2 Å². The zero-order chi connectivity index (χ0) is 13.3. The zero-order valence-electron chi connectivity index (χ0n) is 11.9. The van der Waals surface area contributed by atoms with Crippen molar-refractivity contribution in [1.29, 1.82) is 0 Å². The van der Waals surface area contributed by atoms with E-state index >= 15 is 0 Å². The van der Waals surface area contributed by atoms with Gasteiger partial charge in [-0.05, 0) is 25.7 Å². The molecule has 2 saturated heterocycles. The van der Waals surface area contributed by atoms with Crippen molar-refractivity contribution in [3.05, 3.63) is 0 Å². The molecule has 0 aromatic carbocycles. The van der Waals surface area contributed by atoms with E-state index in [0.717, 1.165) is 32.5 Å². The minimum atomic E-state index is 0.298. The Kier molecular flexibility index (Phi) is 6.44. The van der Waals surface area contributed by atoms with Crippen LogP contribution in [0.15, 0.2) is 4.99 Å². The standard InChI is InChI=1S/C14H27N3O2/c15-14(17-8-3-1-2-4-9-17)16-7-11-18-12-13-6-5-10-19-13/h13H,1-12H2,(H2,15,16)/t13-/m1/s1. The van der Waals surface area contributed by atoms with Gasteiger partial charge in [-0.3, -0.25) is 4.99 Å².